The summed E-state index contributed by atoms with van der Waals surface area (Å²) in [5.74, 6) is 0. The molecular formula is C10H7F3N2S2. The topological polar surface area (TPSA) is 38.9 Å². The number of alkyl halides is 3. The smallest absolute Gasteiger partial charge is 0.375 e. The highest BCUT2D eigenvalue weighted by atomic mass is 32.2. The molecule has 2 rings (SSSR count). The standard InChI is InChI=1S/C10H7F3N2S2/c11-10(12,13)17-7-3-1-2-6(4-7)8-5-16-9(14)15-8/h1-5H,(H2,14,15). The van der Waals surface area contributed by atoms with Gasteiger partial charge in [-0.25, -0.2) is 4.98 Å². The second kappa shape index (κ2) is 4.58. The number of thiazole rings is 1. The summed E-state index contributed by atoms with van der Waals surface area (Å²) in [6.45, 7) is 0. The highest BCUT2D eigenvalue weighted by molar-refractivity contribution is 8.00. The van der Waals surface area contributed by atoms with E-state index in [1.54, 1.807) is 17.5 Å². The maximum atomic E-state index is 12.2. The molecule has 0 unspecified atom stereocenters. The summed E-state index contributed by atoms with van der Waals surface area (Å²) in [6, 6.07) is 6.14. The van der Waals surface area contributed by atoms with E-state index >= 15 is 0 Å². The van der Waals surface area contributed by atoms with Crippen molar-refractivity contribution in [3.63, 3.8) is 0 Å². The lowest BCUT2D eigenvalue weighted by atomic mass is 10.2. The Morgan fingerprint density at radius 1 is 1.29 bits per heavy atom. The van der Waals surface area contributed by atoms with Crippen molar-refractivity contribution in [2.45, 2.75) is 10.4 Å². The molecule has 0 saturated carbocycles. The lowest BCUT2D eigenvalue weighted by molar-refractivity contribution is -0.0328. The summed E-state index contributed by atoms with van der Waals surface area (Å²) in [5, 5.41) is 2.11. The number of halogens is 3. The predicted octanol–water partition coefficient (Wildman–Crippen LogP) is 4.00. The van der Waals surface area contributed by atoms with Gasteiger partial charge in [0.05, 0.1) is 5.69 Å². The molecule has 2 aromatic rings. The molecule has 2 nitrogen and oxygen atoms in total. The van der Waals surface area contributed by atoms with Crippen molar-refractivity contribution in [1.82, 2.24) is 4.98 Å². The molecule has 0 radical (unpaired) electrons. The first-order chi connectivity index (χ1) is 7.94. The highest BCUT2D eigenvalue weighted by Crippen LogP contribution is 2.38. The third kappa shape index (κ3) is 3.37. The fraction of sp³-hybridized carbons (Fsp3) is 0.100. The largest absolute Gasteiger partial charge is 0.446 e. The van der Waals surface area contributed by atoms with Crippen LogP contribution >= 0.6 is 23.1 Å². The number of aromatic nitrogens is 1. The molecule has 0 atom stereocenters. The van der Waals surface area contributed by atoms with Crippen molar-refractivity contribution in [3.05, 3.63) is 29.6 Å². The van der Waals surface area contributed by atoms with E-state index in [2.05, 4.69) is 4.98 Å². The second-order valence-corrected chi connectivity index (χ2v) is 5.17. The quantitative estimate of drug-likeness (QED) is 0.842. The number of benzene rings is 1. The highest BCUT2D eigenvalue weighted by Gasteiger charge is 2.29. The van der Waals surface area contributed by atoms with Crippen LogP contribution in [0.4, 0.5) is 18.3 Å². The Morgan fingerprint density at radius 3 is 2.65 bits per heavy atom. The first-order valence-electron chi connectivity index (χ1n) is 4.51. The first kappa shape index (κ1) is 12.3. The molecule has 0 aliphatic rings. The molecule has 0 saturated heterocycles. The Morgan fingerprint density at radius 2 is 2.06 bits per heavy atom. The van der Waals surface area contributed by atoms with E-state index < -0.39 is 5.51 Å². The molecule has 2 N–H and O–H groups in total. The zero-order chi connectivity index (χ0) is 12.5. The third-order valence-electron chi connectivity index (χ3n) is 1.89. The van der Waals surface area contributed by atoms with Gasteiger partial charge in [-0.15, -0.1) is 11.3 Å². The maximum Gasteiger partial charge on any atom is 0.446 e. The maximum absolute atomic E-state index is 12.2. The zero-order valence-electron chi connectivity index (χ0n) is 8.36. The van der Waals surface area contributed by atoms with Crippen LogP contribution in [-0.2, 0) is 0 Å². The molecule has 1 aromatic heterocycles. The van der Waals surface area contributed by atoms with Gasteiger partial charge in [-0.2, -0.15) is 13.2 Å². The van der Waals surface area contributed by atoms with Crippen molar-refractivity contribution in [2.75, 3.05) is 5.73 Å². The van der Waals surface area contributed by atoms with Gasteiger partial charge in [-0.3, -0.25) is 0 Å². The van der Waals surface area contributed by atoms with Crippen molar-refractivity contribution in [3.8, 4) is 11.3 Å². The second-order valence-electron chi connectivity index (χ2n) is 3.15. The monoisotopic (exact) mass is 276 g/mol. The van der Waals surface area contributed by atoms with Gasteiger partial charge in [-0.1, -0.05) is 12.1 Å². The van der Waals surface area contributed by atoms with Crippen LogP contribution in [0, 0.1) is 0 Å². The normalized spacial score (nSPS) is 11.7. The van der Waals surface area contributed by atoms with Crippen molar-refractivity contribution < 1.29 is 13.2 Å². The molecule has 7 heteroatoms. The van der Waals surface area contributed by atoms with Crippen LogP contribution in [0.15, 0.2) is 34.5 Å². The number of hydrogen-bond donors (Lipinski definition) is 1. The van der Waals surface area contributed by atoms with Crippen molar-refractivity contribution in [2.24, 2.45) is 0 Å². The Bertz CT molecular complexity index is 522. The van der Waals surface area contributed by atoms with E-state index in [0.717, 1.165) is 0 Å². The minimum absolute atomic E-state index is 0.139. The summed E-state index contributed by atoms with van der Waals surface area (Å²) < 4.78 is 36.6. The minimum atomic E-state index is -4.28. The van der Waals surface area contributed by atoms with Gasteiger partial charge in [0.25, 0.3) is 0 Å². The van der Waals surface area contributed by atoms with Crippen LogP contribution in [0.1, 0.15) is 0 Å². The van der Waals surface area contributed by atoms with Crippen LogP contribution in [0.25, 0.3) is 11.3 Å². The van der Waals surface area contributed by atoms with Gasteiger partial charge in [0, 0.05) is 15.8 Å². The van der Waals surface area contributed by atoms with Crippen molar-refractivity contribution in [1.29, 1.82) is 0 Å². The first-order valence-corrected chi connectivity index (χ1v) is 6.21. The fourth-order valence-electron chi connectivity index (χ4n) is 1.27. The van der Waals surface area contributed by atoms with Crippen molar-refractivity contribution >= 4 is 28.2 Å². The van der Waals surface area contributed by atoms with Crippen LogP contribution in [0.5, 0.6) is 0 Å². The number of hydrogen-bond acceptors (Lipinski definition) is 4. The van der Waals surface area contributed by atoms with Crippen LogP contribution in [-0.4, -0.2) is 10.5 Å². The summed E-state index contributed by atoms with van der Waals surface area (Å²) >= 11 is 1.12. The summed E-state index contributed by atoms with van der Waals surface area (Å²) in [5.41, 5.74) is 2.43. The number of nitrogens with zero attached hydrogens (tertiary/aromatic N) is 1. The van der Waals surface area contributed by atoms with Gasteiger partial charge in [-0.05, 0) is 23.9 Å². The van der Waals surface area contributed by atoms with E-state index in [4.69, 9.17) is 5.73 Å². The molecule has 0 spiro atoms. The molecule has 0 aliphatic heterocycles. The number of thioether (sulfide) groups is 1. The van der Waals surface area contributed by atoms with Gasteiger partial charge in [0.2, 0.25) is 0 Å². The summed E-state index contributed by atoms with van der Waals surface area (Å²) in [6.07, 6.45) is 0. The molecule has 0 fully saturated rings. The molecule has 1 aromatic carbocycles. The van der Waals surface area contributed by atoms with Gasteiger partial charge >= 0.3 is 5.51 Å². The van der Waals surface area contributed by atoms with E-state index in [1.807, 2.05) is 0 Å². The lowest BCUT2D eigenvalue weighted by Gasteiger charge is -2.06. The Balaban J connectivity index is 2.29. The average Bonchev–Trinajstić information content (AvgIpc) is 2.63. The zero-order valence-corrected chi connectivity index (χ0v) is 9.99. The van der Waals surface area contributed by atoms with E-state index in [1.165, 1.54) is 23.5 Å². The molecular weight excluding hydrogens is 269 g/mol. The molecule has 0 bridgehead atoms. The van der Waals surface area contributed by atoms with E-state index in [-0.39, 0.29) is 16.7 Å². The fourth-order valence-corrected chi connectivity index (χ4v) is 2.44. The molecule has 90 valence electrons. The van der Waals surface area contributed by atoms with Gasteiger partial charge in [0.15, 0.2) is 5.13 Å². The average molecular weight is 276 g/mol. The molecule has 1 heterocycles. The van der Waals surface area contributed by atoms with E-state index in [9.17, 15) is 13.2 Å². The Labute approximate surface area is 104 Å². The molecule has 17 heavy (non-hydrogen) atoms. The minimum Gasteiger partial charge on any atom is -0.375 e. The molecule has 0 aliphatic carbocycles. The third-order valence-corrected chi connectivity index (χ3v) is 3.28. The van der Waals surface area contributed by atoms with Crippen LogP contribution in [0.3, 0.4) is 0 Å². The number of rotatable bonds is 2. The Kier molecular flexibility index (Phi) is 3.30. The number of nitrogen functional groups attached to an aromatic ring is 1. The summed E-state index contributed by atoms with van der Waals surface area (Å²) in [4.78, 5) is 4.16. The van der Waals surface area contributed by atoms with Gasteiger partial charge in [0.1, 0.15) is 0 Å². The Hall–Kier alpha value is -1.21. The van der Waals surface area contributed by atoms with Crippen LogP contribution < -0.4 is 5.73 Å². The van der Waals surface area contributed by atoms with Gasteiger partial charge < -0.3 is 5.73 Å². The number of anilines is 1. The lowest BCUT2D eigenvalue weighted by Crippen LogP contribution is -1.98. The predicted molar refractivity (Wildman–Crippen MR) is 63.9 cm³/mol. The number of nitrogens with two attached hydrogens (primary N) is 1. The SMILES string of the molecule is Nc1nc(-c2cccc(SC(F)(F)F)c2)cs1. The summed E-state index contributed by atoms with van der Waals surface area (Å²) in [7, 11) is 0. The van der Waals surface area contributed by atoms with Crippen LogP contribution in [0.2, 0.25) is 0 Å². The molecule has 0 amide bonds. The van der Waals surface area contributed by atoms with E-state index in [0.29, 0.717) is 16.4 Å².